The molecule has 0 fully saturated rings. The van der Waals surface area contributed by atoms with E-state index >= 15 is 0 Å². The Hall–Kier alpha value is -5.01. The highest BCUT2D eigenvalue weighted by Gasteiger charge is 2.32. The van der Waals surface area contributed by atoms with Crippen LogP contribution in [0.4, 0.5) is 11.4 Å². The Labute approximate surface area is 240 Å². The lowest BCUT2D eigenvalue weighted by Crippen LogP contribution is -2.27. The monoisotopic (exact) mass is 556 g/mol. The molecule has 1 aliphatic rings. The molecule has 2 amide bonds. The molecule has 0 heterocycles. The third-order valence-electron chi connectivity index (χ3n) is 7.00. The van der Waals surface area contributed by atoms with Crippen LogP contribution in [-0.2, 0) is 4.79 Å². The molecule has 200 valence electrons. The molecule has 5 aromatic carbocycles. The van der Waals surface area contributed by atoms with Crippen molar-refractivity contribution < 1.29 is 19.2 Å². The summed E-state index contributed by atoms with van der Waals surface area (Å²) in [5.74, 6) is -1.07. The standard InChI is InChI=1S/C34H24N2O4S/c1-20(33(39)36-29-15-7-14-28-30(29)32(38)27-13-5-4-12-26(27)31(28)37)41-25-11-6-10-24(19-25)35-34(40)23-17-16-21-8-2-3-9-22(21)18-23/h2-20H,1H3,(H,35,40)(H,36,39). The van der Waals surface area contributed by atoms with E-state index in [1.54, 1.807) is 61.5 Å². The second-order valence-corrected chi connectivity index (χ2v) is 11.1. The number of ketones is 2. The van der Waals surface area contributed by atoms with Crippen LogP contribution in [0.15, 0.2) is 114 Å². The Morgan fingerprint density at radius 1 is 0.659 bits per heavy atom. The van der Waals surface area contributed by atoms with Crippen LogP contribution < -0.4 is 10.6 Å². The summed E-state index contributed by atoms with van der Waals surface area (Å²) < 4.78 is 0. The summed E-state index contributed by atoms with van der Waals surface area (Å²) in [5, 5.41) is 7.31. The Balaban J connectivity index is 1.15. The zero-order valence-corrected chi connectivity index (χ0v) is 22.8. The molecule has 1 unspecified atom stereocenters. The summed E-state index contributed by atoms with van der Waals surface area (Å²) in [6.07, 6.45) is 0. The average molecular weight is 557 g/mol. The second-order valence-electron chi connectivity index (χ2n) is 9.73. The molecule has 41 heavy (non-hydrogen) atoms. The number of thioether (sulfide) groups is 1. The van der Waals surface area contributed by atoms with E-state index < -0.39 is 5.25 Å². The minimum absolute atomic E-state index is 0.208. The van der Waals surface area contributed by atoms with Crippen molar-refractivity contribution >= 4 is 57.3 Å². The highest BCUT2D eigenvalue weighted by atomic mass is 32.2. The van der Waals surface area contributed by atoms with Gasteiger partial charge in [-0.3, -0.25) is 19.2 Å². The van der Waals surface area contributed by atoms with Crippen LogP contribution >= 0.6 is 11.8 Å². The maximum Gasteiger partial charge on any atom is 0.255 e. The maximum absolute atomic E-state index is 13.3. The van der Waals surface area contributed by atoms with Crippen LogP contribution in [0, 0.1) is 0 Å². The average Bonchev–Trinajstić information content (AvgIpc) is 2.99. The van der Waals surface area contributed by atoms with Gasteiger partial charge in [-0.1, -0.05) is 72.8 Å². The van der Waals surface area contributed by atoms with Gasteiger partial charge in [0.05, 0.1) is 16.5 Å². The largest absolute Gasteiger partial charge is 0.324 e. The summed E-state index contributed by atoms with van der Waals surface area (Å²) in [6.45, 7) is 1.76. The number of fused-ring (bicyclic) bond motifs is 3. The number of rotatable bonds is 6. The van der Waals surface area contributed by atoms with Gasteiger partial charge in [0, 0.05) is 32.8 Å². The van der Waals surface area contributed by atoms with Crippen LogP contribution in [0.3, 0.4) is 0 Å². The summed E-state index contributed by atoms with van der Waals surface area (Å²) >= 11 is 1.32. The molecular formula is C34H24N2O4S. The maximum atomic E-state index is 13.3. The third kappa shape index (κ3) is 5.15. The van der Waals surface area contributed by atoms with Crippen molar-refractivity contribution in [3.63, 3.8) is 0 Å². The first-order valence-electron chi connectivity index (χ1n) is 13.1. The lowest BCUT2D eigenvalue weighted by Gasteiger charge is -2.21. The normalized spacial score (nSPS) is 12.8. The van der Waals surface area contributed by atoms with Crippen LogP contribution in [0.2, 0.25) is 0 Å². The number of anilines is 2. The fourth-order valence-electron chi connectivity index (χ4n) is 4.92. The molecule has 0 saturated carbocycles. The van der Waals surface area contributed by atoms with Crippen LogP contribution in [0.25, 0.3) is 10.8 Å². The van der Waals surface area contributed by atoms with Gasteiger partial charge < -0.3 is 10.6 Å². The first-order chi connectivity index (χ1) is 19.9. The van der Waals surface area contributed by atoms with Crippen LogP contribution in [-0.4, -0.2) is 28.6 Å². The van der Waals surface area contributed by atoms with E-state index in [4.69, 9.17) is 0 Å². The number of hydrogen-bond donors (Lipinski definition) is 2. The van der Waals surface area contributed by atoms with E-state index in [2.05, 4.69) is 10.6 Å². The topological polar surface area (TPSA) is 92.3 Å². The molecule has 7 heteroatoms. The summed E-state index contributed by atoms with van der Waals surface area (Å²) in [7, 11) is 0. The first kappa shape index (κ1) is 26.2. The van der Waals surface area contributed by atoms with Gasteiger partial charge >= 0.3 is 0 Å². The molecule has 1 atom stereocenters. The van der Waals surface area contributed by atoms with Gasteiger partial charge in [-0.25, -0.2) is 0 Å². The Bertz CT molecular complexity index is 1880. The molecule has 0 aromatic heterocycles. The number of amides is 2. The number of hydrogen-bond acceptors (Lipinski definition) is 5. The first-order valence-corrected chi connectivity index (χ1v) is 14.0. The zero-order chi connectivity index (χ0) is 28.5. The van der Waals surface area contributed by atoms with Gasteiger partial charge in [0.25, 0.3) is 5.91 Å². The molecule has 0 spiro atoms. The molecule has 2 N–H and O–H groups in total. The smallest absolute Gasteiger partial charge is 0.255 e. The number of carbonyl (C=O) groups excluding carboxylic acids is 4. The van der Waals surface area contributed by atoms with Crippen LogP contribution in [0.1, 0.15) is 49.1 Å². The van der Waals surface area contributed by atoms with Crippen molar-refractivity contribution in [2.45, 2.75) is 17.1 Å². The summed E-state index contributed by atoms with van der Waals surface area (Å²) in [6, 6.07) is 32.3. The molecule has 5 aromatic rings. The minimum Gasteiger partial charge on any atom is -0.324 e. The molecule has 1 aliphatic carbocycles. The Morgan fingerprint density at radius 3 is 2.15 bits per heavy atom. The fraction of sp³-hybridized carbons (Fsp3) is 0.0588. The number of carbonyl (C=O) groups is 4. The van der Waals surface area contributed by atoms with Gasteiger partial charge in [-0.2, -0.15) is 0 Å². The van der Waals surface area contributed by atoms with Gasteiger partial charge in [0.15, 0.2) is 11.6 Å². The molecule has 0 saturated heterocycles. The number of nitrogens with one attached hydrogen (secondary N) is 2. The predicted molar refractivity (Wildman–Crippen MR) is 162 cm³/mol. The fourth-order valence-corrected chi connectivity index (χ4v) is 5.85. The molecule has 0 radical (unpaired) electrons. The minimum atomic E-state index is -0.529. The third-order valence-corrected chi connectivity index (χ3v) is 8.09. The Morgan fingerprint density at radius 2 is 1.34 bits per heavy atom. The molecule has 6 rings (SSSR count). The highest BCUT2D eigenvalue weighted by molar-refractivity contribution is 8.00. The van der Waals surface area contributed by atoms with E-state index in [0.717, 1.165) is 15.7 Å². The van der Waals surface area contributed by atoms with E-state index in [-0.39, 0.29) is 34.5 Å². The lowest BCUT2D eigenvalue weighted by atomic mass is 9.83. The highest BCUT2D eigenvalue weighted by Crippen LogP contribution is 2.33. The van der Waals surface area contributed by atoms with Crippen molar-refractivity contribution in [1.82, 2.24) is 0 Å². The van der Waals surface area contributed by atoms with Gasteiger partial charge in [0.1, 0.15) is 0 Å². The zero-order valence-electron chi connectivity index (χ0n) is 22.0. The van der Waals surface area contributed by atoms with Crippen LogP contribution in [0.5, 0.6) is 0 Å². The molecule has 0 aliphatic heterocycles. The molecular weight excluding hydrogens is 532 g/mol. The SMILES string of the molecule is CC(Sc1cccc(NC(=O)c2ccc3ccccc3c2)c1)C(=O)Nc1cccc2c1C(=O)c1ccccc1C2=O. The molecule has 0 bridgehead atoms. The summed E-state index contributed by atoms with van der Waals surface area (Å²) in [4.78, 5) is 53.2. The summed E-state index contributed by atoms with van der Waals surface area (Å²) in [5.41, 5.74) is 2.66. The Kier molecular flexibility index (Phi) is 6.95. The predicted octanol–water partition coefficient (Wildman–Crippen LogP) is 6.99. The van der Waals surface area contributed by atoms with Gasteiger partial charge in [0.2, 0.25) is 5.91 Å². The van der Waals surface area contributed by atoms with Crippen molar-refractivity contribution in [3.05, 3.63) is 137 Å². The molecule has 6 nitrogen and oxygen atoms in total. The van der Waals surface area contributed by atoms with E-state index in [9.17, 15) is 19.2 Å². The van der Waals surface area contributed by atoms with E-state index in [0.29, 0.717) is 28.1 Å². The number of benzene rings is 5. The van der Waals surface area contributed by atoms with Crippen molar-refractivity contribution in [2.24, 2.45) is 0 Å². The van der Waals surface area contributed by atoms with E-state index in [1.807, 2.05) is 54.6 Å². The van der Waals surface area contributed by atoms with Crippen molar-refractivity contribution in [3.8, 4) is 0 Å². The lowest BCUT2D eigenvalue weighted by molar-refractivity contribution is -0.115. The quantitative estimate of drug-likeness (QED) is 0.216. The van der Waals surface area contributed by atoms with Gasteiger partial charge in [-0.15, -0.1) is 11.8 Å². The van der Waals surface area contributed by atoms with E-state index in [1.165, 1.54) is 11.8 Å². The van der Waals surface area contributed by atoms with Crippen molar-refractivity contribution in [2.75, 3.05) is 10.6 Å². The van der Waals surface area contributed by atoms with Crippen molar-refractivity contribution in [1.29, 1.82) is 0 Å². The van der Waals surface area contributed by atoms with Gasteiger partial charge in [-0.05, 0) is 54.1 Å². The second kappa shape index (κ2) is 10.9.